The highest BCUT2D eigenvalue weighted by Gasteiger charge is 2.04. The minimum absolute atomic E-state index is 0.332. The number of aliphatic carboxylic acids is 1. The second-order valence-electron chi connectivity index (χ2n) is 4.40. The van der Waals surface area contributed by atoms with E-state index in [0.717, 1.165) is 4.47 Å². The molecule has 0 aliphatic rings. The van der Waals surface area contributed by atoms with Crippen LogP contribution in [0.2, 0.25) is 0 Å². The minimum atomic E-state index is -1.32. The molecule has 0 aliphatic carbocycles. The fourth-order valence-electron chi connectivity index (χ4n) is 1.68. The van der Waals surface area contributed by atoms with E-state index in [1.165, 1.54) is 6.21 Å². The van der Waals surface area contributed by atoms with Crippen molar-refractivity contribution in [3.8, 4) is 5.75 Å². The Morgan fingerprint density at radius 2 is 1.87 bits per heavy atom. The average Bonchev–Trinajstić information content (AvgIpc) is 2.54. The highest BCUT2D eigenvalue weighted by atomic mass is 79.9. The molecule has 1 N–H and O–H groups in total. The lowest BCUT2D eigenvalue weighted by atomic mass is 10.2. The van der Waals surface area contributed by atoms with Crippen LogP contribution in [0.25, 0.3) is 0 Å². The average molecular weight is 376 g/mol. The molecule has 118 valence electrons. The molecule has 1 amide bonds. The Bertz CT molecular complexity index is 729. The van der Waals surface area contributed by atoms with Gasteiger partial charge in [-0.1, -0.05) is 28.1 Å². The highest BCUT2D eigenvalue weighted by molar-refractivity contribution is 9.10. The summed E-state index contributed by atoms with van der Waals surface area (Å²) >= 11 is 3.29. The fraction of sp³-hybridized carbons (Fsp3) is 0.0625. The van der Waals surface area contributed by atoms with Gasteiger partial charge in [-0.2, -0.15) is 5.10 Å². The first-order chi connectivity index (χ1) is 11.1. The third-order valence-electron chi connectivity index (χ3n) is 2.74. The van der Waals surface area contributed by atoms with Crippen LogP contribution in [0.15, 0.2) is 58.1 Å². The molecule has 2 aromatic rings. The molecule has 0 atom stereocenters. The van der Waals surface area contributed by atoms with Crippen LogP contribution in [0.4, 0.5) is 0 Å². The van der Waals surface area contributed by atoms with E-state index >= 15 is 0 Å². The van der Waals surface area contributed by atoms with Crippen molar-refractivity contribution in [2.75, 3.05) is 6.61 Å². The van der Waals surface area contributed by atoms with Gasteiger partial charge >= 0.3 is 0 Å². The molecule has 0 fully saturated rings. The van der Waals surface area contributed by atoms with Crippen molar-refractivity contribution in [2.45, 2.75) is 0 Å². The van der Waals surface area contributed by atoms with Crippen molar-refractivity contribution in [1.29, 1.82) is 0 Å². The van der Waals surface area contributed by atoms with Gasteiger partial charge in [0.15, 0.2) is 0 Å². The lowest BCUT2D eigenvalue weighted by Crippen LogP contribution is -2.29. The number of carbonyl (C=O) groups excluding carboxylic acids is 2. The molecular formula is C16H12BrN2O4-. The number of para-hydroxylation sites is 1. The summed E-state index contributed by atoms with van der Waals surface area (Å²) in [6, 6.07) is 13.5. The number of hydrogen-bond acceptors (Lipinski definition) is 5. The van der Waals surface area contributed by atoms with Crippen LogP contribution < -0.4 is 15.3 Å². The van der Waals surface area contributed by atoms with Gasteiger partial charge in [0.25, 0.3) is 5.91 Å². The van der Waals surface area contributed by atoms with E-state index in [9.17, 15) is 14.7 Å². The lowest BCUT2D eigenvalue weighted by Gasteiger charge is -2.09. The molecule has 0 unspecified atom stereocenters. The molecule has 0 saturated heterocycles. The van der Waals surface area contributed by atoms with Gasteiger partial charge in [0, 0.05) is 15.6 Å². The van der Waals surface area contributed by atoms with Crippen LogP contribution in [0.5, 0.6) is 5.75 Å². The number of carbonyl (C=O) groups is 2. The van der Waals surface area contributed by atoms with Gasteiger partial charge in [0.1, 0.15) is 12.4 Å². The molecule has 0 aliphatic heterocycles. The van der Waals surface area contributed by atoms with E-state index in [2.05, 4.69) is 26.5 Å². The van der Waals surface area contributed by atoms with Crippen LogP contribution in [0.1, 0.15) is 15.9 Å². The summed E-state index contributed by atoms with van der Waals surface area (Å²) in [6.07, 6.45) is 1.38. The van der Waals surface area contributed by atoms with E-state index in [4.69, 9.17) is 4.74 Å². The number of amides is 1. The van der Waals surface area contributed by atoms with Gasteiger partial charge in [0.2, 0.25) is 0 Å². The molecule has 0 heterocycles. The van der Waals surface area contributed by atoms with Crippen molar-refractivity contribution in [2.24, 2.45) is 5.10 Å². The molecule has 0 aromatic heterocycles. The fourth-order valence-corrected chi connectivity index (χ4v) is 1.95. The maximum atomic E-state index is 11.9. The zero-order chi connectivity index (χ0) is 16.7. The number of nitrogens with zero attached hydrogens (tertiary/aromatic N) is 1. The number of nitrogens with one attached hydrogen (secondary N) is 1. The molecule has 0 spiro atoms. The maximum Gasteiger partial charge on any atom is 0.271 e. The highest BCUT2D eigenvalue weighted by Crippen LogP contribution is 2.15. The summed E-state index contributed by atoms with van der Waals surface area (Å²) in [4.78, 5) is 22.3. The zero-order valence-corrected chi connectivity index (χ0v) is 13.4. The molecule has 23 heavy (non-hydrogen) atoms. The Balaban J connectivity index is 2.01. The number of hydrazone groups is 1. The van der Waals surface area contributed by atoms with Gasteiger partial charge in [-0.25, -0.2) is 5.43 Å². The van der Waals surface area contributed by atoms with Gasteiger partial charge in [-0.05, 0) is 36.4 Å². The third-order valence-corrected chi connectivity index (χ3v) is 3.27. The van der Waals surface area contributed by atoms with Gasteiger partial charge in [-0.15, -0.1) is 0 Å². The standard InChI is InChI=1S/C16H13BrN2O4/c17-13-7-5-11(6-8-13)16(22)19-18-9-12-3-1-2-4-14(12)23-10-15(20)21/h1-9H,10H2,(H,19,22)(H,20,21)/p-1/b18-9-. The predicted molar refractivity (Wildman–Crippen MR) is 86.1 cm³/mol. The largest absolute Gasteiger partial charge is 0.546 e. The first-order valence-electron chi connectivity index (χ1n) is 6.57. The number of carboxylic acids is 1. The number of halogens is 1. The summed E-state index contributed by atoms with van der Waals surface area (Å²) in [5, 5.41) is 14.3. The van der Waals surface area contributed by atoms with Gasteiger partial charge in [0.05, 0.1) is 12.2 Å². The molecular weight excluding hydrogens is 364 g/mol. The van der Waals surface area contributed by atoms with E-state index in [1.54, 1.807) is 48.5 Å². The molecule has 7 heteroatoms. The summed E-state index contributed by atoms with van der Waals surface area (Å²) in [7, 11) is 0. The minimum Gasteiger partial charge on any atom is -0.546 e. The zero-order valence-electron chi connectivity index (χ0n) is 11.9. The van der Waals surface area contributed by atoms with Crippen LogP contribution >= 0.6 is 15.9 Å². The predicted octanol–water partition coefficient (Wildman–Crippen LogP) is 1.34. The first-order valence-corrected chi connectivity index (χ1v) is 7.36. The Kier molecular flexibility index (Phi) is 5.87. The van der Waals surface area contributed by atoms with Crippen molar-refractivity contribution < 1.29 is 19.4 Å². The number of ether oxygens (including phenoxy) is 1. The third kappa shape index (κ3) is 5.23. The number of carboxylic acid groups (broad SMARTS) is 1. The van der Waals surface area contributed by atoms with Gasteiger partial charge < -0.3 is 14.6 Å². The molecule has 0 radical (unpaired) electrons. The van der Waals surface area contributed by atoms with Crippen molar-refractivity contribution >= 4 is 34.0 Å². The SMILES string of the molecule is O=C([O-])COc1ccccc1/C=N\NC(=O)c1ccc(Br)cc1. The second kappa shape index (κ2) is 8.09. The van der Waals surface area contributed by atoms with E-state index in [0.29, 0.717) is 16.9 Å². The smallest absolute Gasteiger partial charge is 0.271 e. The lowest BCUT2D eigenvalue weighted by molar-refractivity contribution is -0.307. The monoisotopic (exact) mass is 375 g/mol. The summed E-state index contributed by atoms with van der Waals surface area (Å²) in [6.45, 7) is -0.559. The van der Waals surface area contributed by atoms with Crippen LogP contribution in [-0.4, -0.2) is 24.7 Å². The summed E-state index contributed by atoms with van der Waals surface area (Å²) in [5.74, 6) is -1.35. The first kappa shape index (κ1) is 16.7. The van der Waals surface area contributed by atoms with Crippen LogP contribution in [0, 0.1) is 0 Å². The van der Waals surface area contributed by atoms with E-state index in [-0.39, 0.29) is 5.91 Å². The number of benzene rings is 2. The number of hydrogen-bond donors (Lipinski definition) is 1. The Morgan fingerprint density at radius 3 is 2.57 bits per heavy atom. The Morgan fingerprint density at radius 1 is 1.17 bits per heavy atom. The normalized spacial score (nSPS) is 10.5. The van der Waals surface area contributed by atoms with Crippen molar-refractivity contribution in [1.82, 2.24) is 5.43 Å². The molecule has 6 nitrogen and oxygen atoms in total. The van der Waals surface area contributed by atoms with E-state index in [1.807, 2.05) is 0 Å². The van der Waals surface area contributed by atoms with Crippen LogP contribution in [-0.2, 0) is 4.79 Å². The molecule has 0 saturated carbocycles. The number of rotatable bonds is 6. The van der Waals surface area contributed by atoms with Gasteiger partial charge in [-0.3, -0.25) is 4.79 Å². The van der Waals surface area contributed by atoms with Crippen molar-refractivity contribution in [3.63, 3.8) is 0 Å². The molecule has 2 rings (SSSR count). The Labute approximate surface area is 140 Å². The quantitative estimate of drug-likeness (QED) is 0.609. The summed E-state index contributed by atoms with van der Waals surface area (Å²) < 4.78 is 5.95. The molecule has 0 bridgehead atoms. The maximum absolute atomic E-state index is 11.9. The van der Waals surface area contributed by atoms with E-state index < -0.39 is 12.6 Å². The van der Waals surface area contributed by atoms with Crippen LogP contribution in [0.3, 0.4) is 0 Å². The topological polar surface area (TPSA) is 90.8 Å². The second-order valence-corrected chi connectivity index (χ2v) is 5.32. The van der Waals surface area contributed by atoms with Crippen molar-refractivity contribution in [3.05, 3.63) is 64.1 Å². The molecule has 2 aromatic carbocycles. The summed E-state index contributed by atoms with van der Waals surface area (Å²) in [5.41, 5.74) is 3.39. The Hall–Kier alpha value is -2.67.